The standard InChI is InChI=1S/C19H20BrNO2/c1-14-4-9-18(17(20)12-14)23-13-15-5-7-16(8-6-15)19(22)21-10-2-3-11-21/h4-9,12H,2-3,10-11,13H2,1H3. The van der Waals surface area contributed by atoms with Crippen LogP contribution < -0.4 is 4.74 Å². The van der Waals surface area contributed by atoms with Gasteiger partial charge in [0.05, 0.1) is 4.47 Å². The lowest BCUT2D eigenvalue weighted by Gasteiger charge is -2.15. The maximum Gasteiger partial charge on any atom is 0.253 e. The van der Waals surface area contributed by atoms with Crippen LogP contribution in [0.2, 0.25) is 0 Å². The molecule has 1 saturated heterocycles. The molecule has 0 bridgehead atoms. The van der Waals surface area contributed by atoms with Crippen molar-refractivity contribution in [1.82, 2.24) is 4.90 Å². The fourth-order valence-corrected chi connectivity index (χ4v) is 3.34. The molecule has 3 rings (SSSR count). The summed E-state index contributed by atoms with van der Waals surface area (Å²) in [7, 11) is 0. The van der Waals surface area contributed by atoms with Crippen LogP contribution in [0, 0.1) is 6.92 Å². The third kappa shape index (κ3) is 3.94. The molecule has 0 atom stereocenters. The monoisotopic (exact) mass is 373 g/mol. The number of nitrogens with zero attached hydrogens (tertiary/aromatic N) is 1. The van der Waals surface area contributed by atoms with E-state index in [1.807, 2.05) is 54.3 Å². The Kier molecular flexibility index (Phi) is 5.01. The summed E-state index contributed by atoms with van der Waals surface area (Å²) in [5, 5.41) is 0. The van der Waals surface area contributed by atoms with E-state index in [0.717, 1.165) is 47.3 Å². The van der Waals surface area contributed by atoms with Gasteiger partial charge in [0.15, 0.2) is 0 Å². The van der Waals surface area contributed by atoms with Gasteiger partial charge in [-0.3, -0.25) is 4.79 Å². The van der Waals surface area contributed by atoms with Crippen molar-refractivity contribution in [3.8, 4) is 5.75 Å². The number of halogens is 1. The molecule has 4 heteroatoms. The van der Waals surface area contributed by atoms with Gasteiger partial charge >= 0.3 is 0 Å². The predicted molar refractivity (Wildman–Crippen MR) is 94.8 cm³/mol. The van der Waals surface area contributed by atoms with Gasteiger partial charge in [-0.2, -0.15) is 0 Å². The molecule has 0 N–H and O–H groups in total. The number of benzene rings is 2. The molecule has 2 aromatic rings. The molecule has 1 fully saturated rings. The first kappa shape index (κ1) is 16.1. The lowest BCUT2D eigenvalue weighted by Crippen LogP contribution is -2.27. The predicted octanol–water partition coefficient (Wildman–Crippen LogP) is 4.57. The van der Waals surface area contributed by atoms with Gasteiger partial charge in [-0.15, -0.1) is 0 Å². The third-order valence-corrected chi connectivity index (χ3v) is 4.70. The minimum absolute atomic E-state index is 0.135. The number of likely N-dealkylation sites (tertiary alicyclic amines) is 1. The van der Waals surface area contributed by atoms with Gasteiger partial charge in [0, 0.05) is 18.7 Å². The number of hydrogen-bond donors (Lipinski definition) is 0. The number of ether oxygens (including phenoxy) is 1. The molecule has 23 heavy (non-hydrogen) atoms. The Hall–Kier alpha value is -1.81. The second-order valence-corrected chi connectivity index (χ2v) is 6.77. The van der Waals surface area contributed by atoms with Crippen LogP contribution in [0.1, 0.15) is 34.3 Å². The van der Waals surface area contributed by atoms with Crippen LogP contribution >= 0.6 is 15.9 Å². The third-order valence-electron chi connectivity index (χ3n) is 4.08. The fourth-order valence-electron chi connectivity index (χ4n) is 2.73. The fraction of sp³-hybridized carbons (Fsp3) is 0.316. The minimum atomic E-state index is 0.135. The number of rotatable bonds is 4. The molecule has 1 aliphatic rings. The summed E-state index contributed by atoms with van der Waals surface area (Å²) >= 11 is 3.51. The first-order valence-electron chi connectivity index (χ1n) is 7.90. The van der Waals surface area contributed by atoms with E-state index in [-0.39, 0.29) is 5.91 Å². The quantitative estimate of drug-likeness (QED) is 0.785. The molecule has 1 aliphatic heterocycles. The molecule has 1 heterocycles. The SMILES string of the molecule is Cc1ccc(OCc2ccc(C(=O)N3CCCC3)cc2)c(Br)c1. The Labute approximate surface area is 145 Å². The van der Waals surface area contributed by atoms with Crippen LogP contribution in [-0.2, 0) is 6.61 Å². The normalized spacial score (nSPS) is 14.1. The van der Waals surface area contributed by atoms with Crippen LogP contribution in [-0.4, -0.2) is 23.9 Å². The van der Waals surface area contributed by atoms with Crippen molar-refractivity contribution in [2.75, 3.05) is 13.1 Å². The number of carbonyl (C=O) groups is 1. The first-order valence-corrected chi connectivity index (χ1v) is 8.70. The Morgan fingerprint density at radius 1 is 1.13 bits per heavy atom. The molecule has 1 amide bonds. The highest BCUT2D eigenvalue weighted by Crippen LogP contribution is 2.26. The summed E-state index contributed by atoms with van der Waals surface area (Å²) < 4.78 is 6.79. The zero-order valence-electron chi connectivity index (χ0n) is 13.2. The lowest BCUT2D eigenvalue weighted by molar-refractivity contribution is 0.0793. The minimum Gasteiger partial charge on any atom is -0.488 e. The first-order chi connectivity index (χ1) is 11.1. The van der Waals surface area contributed by atoms with Crippen molar-refractivity contribution in [3.63, 3.8) is 0 Å². The molecule has 0 unspecified atom stereocenters. The van der Waals surface area contributed by atoms with Gasteiger partial charge in [-0.1, -0.05) is 18.2 Å². The van der Waals surface area contributed by atoms with Gasteiger partial charge in [0.1, 0.15) is 12.4 Å². The second kappa shape index (κ2) is 7.18. The van der Waals surface area contributed by atoms with E-state index in [2.05, 4.69) is 15.9 Å². The summed E-state index contributed by atoms with van der Waals surface area (Å²) in [6.45, 7) is 4.29. The number of aryl methyl sites for hydroxylation is 1. The van der Waals surface area contributed by atoms with Crippen molar-refractivity contribution in [2.24, 2.45) is 0 Å². The summed E-state index contributed by atoms with van der Waals surface area (Å²) in [4.78, 5) is 14.2. The van der Waals surface area contributed by atoms with E-state index in [0.29, 0.717) is 6.61 Å². The Bertz CT molecular complexity index is 691. The highest BCUT2D eigenvalue weighted by Gasteiger charge is 2.19. The van der Waals surface area contributed by atoms with Gasteiger partial charge in [-0.05, 0) is 71.1 Å². The van der Waals surface area contributed by atoms with Crippen LogP contribution in [0.15, 0.2) is 46.9 Å². The zero-order chi connectivity index (χ0) is 16.2. The summed E-state index contributed by atoms with van der Waals surface area (Å²) in [6.07, 6.45) is 2.23. The second-order valence-electron chi connectivity index (χ2n) is 5.92. The topological polar surface area (TPSA) is 29.5 Å². The number of hydrogen-bond acceptors (Lipinski definition) is 2. The zero-order valence-corrected chi connectivity index (χ0v) is 14.8. The van der Waals surface area contributed by atoms with Crippen molar-refractivity contribution in [1.29, 1.82) is 0 Å². The van der Waals surface area contributed by atoms with Crippen molar-refractivity contribution >= 4 is 21.8 Å². The van der Waals surface area contributed by atoms with Gasteiger partial charge < -0.3 is 9.64 Å². The van der Waals surface area contributed by atoms with E-state index in [1.54, 1.807) is 0 Å². The molecular weight excluding hydrogens is 354 g/mol. The average Bonchev–Trinajstić information content (AvgIpc) is 3.08. The highest BCUT2D eigenvalue weighted by atomic mass is 79.9. The van der Waals surface area contributed by atoms with Crippen LogP contribution in [0.25, 0.3) is 0 Å². The van der Waals surface area contributed by atoms with E-state index < -0.39 is 0 Å². The molecule has 2 aromatic carbocycles. The molecule has 3 nitrogen and oxygen atoms in total. The molecule has 0 radical (unpaired) electrons. The van der Waals surface area contributed by atoms with E-state index in [9.17, 15) is 4.79 Å². The maximum atomic E-state index is 12.3. The van der Waals surface area contributed by atoms with Gasteiger partial charge in [0.2, 0.25) is 0 Å². The Balaban J connectivity index is 1.62. The Morgan fingerprint density at radius 3 is 2.48 bits per heavy atom. The summed E-state index contributed by atoms with van der Waals surface area (Å²) in [5.41, 5.74) is 3.00. The van der Waals surface area contributed by atoms with E-state index in [1.165, 1.54) is 5.56 Å². The molecule has 0 aliphatic carbocycles. The largest absolute Gasteiger partial charge is 0.488 e. The lowest BCUT2D eigenvalue weighted by atomic mass is 10.1. The van der Waals surface area contributed by atoms with Crippen molar-refractivity contribution < 1.29 is 9.53 Å². The average molecular weight is 374 g/mol. The van der Waals surface area contributed by atoms with Gasteiger partial charge in [0.25, 0.3) is 5.91 Å². The molecular formula is C19H20BrNO2. The summed E-state index contributed by atoms with van der Waals surface area (Å²) in [6, 6.07) is 13.7. The maximum absolute atomic E-state index is 12.3. The van der Waals surface area contributed by atoms with Gasteiger partial charge in [-0.25, -0.2) is 0 Å². The van der Waals surface area contributed by atoms with Crippen LogP contribution in [0.3, 0.4) is 0 Å². The molecule has 0 spiro atoms. The molecule has 0 aromatic heterocycles. The van der Waals surface area contributed by atoms with E-state index >= 15 is 0 Å². The van der Waals surface area contributed by atoms with E-state index in [4.69, 9.17) is 4.74 Å². The van der Waals surface area contributed by atoms with Crippen molar-refractivity contribution in [3.05, 3.63) is 63.6 Å². The van der Waals surface area contributed by atoms with Crippen LogP contribution in [0.4, 0.5) is 0 Å². The number of carbonyl (C=O) groups excluding carboxylic acids is 1. The highest BCUT2D eigenvalue weighted by molar-refractivity contribution is 9.10. The molecule has 120 valence electrons. The van der Waals surface area contributed by atoms with Crippen molar-refractivity contribution in [2.45, 2.75) is 26.4 Å². The Morgan fingerprint density at radius 2 is 1.83 bits per heavy atom. The molecule has 0 saturated carbocycles. The van der Waals surface area contributed by atoms with Crippen LogP contribution in [0.5, 0.6) is 5.75 Å². The number of amides is 1. The smallest absolute Gasteiger partial charge is 0.253 e. The summed E-state index contributed by atoms with van der Waals surface area (Å²) in [5.74, 6) is 0.962.